The fourth-order valence-electron chi connectivity index (χ4n) is 3.19. The second kappa shape index (κ2) is 8.24. The molecule has 0 aliphatic carbocycles. The number of rotatable bonds is 5. The van der Waals surface area contributed by atoms with E-state index in [1.807, 2.05) is 43.3 Å². The fourth-order valence-corrected chi connectivity index (χ4v) is 4.05. The molecule has 3 heterocycles. The lowest BCUT2D eigenvalue weighted by atomic mass is 10.1. The molecule has 4 rings (SSSR count). The number of carbonyl (C=O) groups is 1. The van der Waals surface area contributed by atoms with Crippen LogP contribution in [0.5, 0.6) is 5.88 Å². The Morgan fingerprint density at radius 1 is 1.21 bits per heavy atom. The Bertz CT molecular complexity index is 1040. The number of unbranched alkanes of at least 4 members (excludes halogenated alkanes) is 1. The zero-order valence-corrected chi connectivity index (χ0v) is 17.4. The molecular formula is C21H22N4O3S. The van der Waals surface area contributed by atoms with Crippen LogP contribution in [-0.2, 0) is 4.79 Å². The van der Waals surface area contributed by atoms with Crippen LogP contribution >= 0.6 is 11.8 Å². The van der Waals surface area contributed by atoms with Crippen LogP contribution < -0.4 is 9.64 Å². The third-order valence-corrected chi connectivity index (χ3v) is 5.51. The minimum atomic E-state index is -0.784. The fraction of sp³-hybridized carbons (Fsp3) is 0.333. The number of ether oxygens (including phenoxy) is 1. The highest BCUT2D eigenvalue weighted by Crippen LogP contribution is 2.43. The Morgan fingerprint density at radius 3 is 2.76 bits per heavy atom. The molecule has 150 valence electrons. The van der Waals surface area contributed by atoms with E-state index < -0.39 is 6.23 Å². The molecule has 1 aliphatic rings. The maximum Gasteiger partial charge on any atom is 0.247 e. The molecule has 0 N–H and O–H groups in total. The van der Waals surface area contributed by atoms with Crippen LogP contribution in [0, 0.1) is 6.92 Å². The van der Waals surface area contributed by atoms with E-state index in [0.29, 0.717) is 28.2 Å². The summed E-state index contributed by atoms with van der Waals surface area (Å²) in [5.74, 6) is 2.35. The maximum absolute atomic E-state index is 12.6. The third kappa shape index (κ3) is 3.85. The van der Waals surface area contributed by atoms with Gasteiger partial charge in [0.05, 0.1) is 5.69 Å². The highest BCUT2D eigenvalue weighted by atomic mass is 32.2. The number of hydrogen-bond acceptors (Lipinski definition) is 7. The summed E-state index contributed by atoms with van der Waals surface area (Å²) in [6.07, 6.45) is 1.39. The first kappa shape index (κ1) is 19.4. The van der Waals surface area contributed by atoms with Crippen molar-refractivity contribution in [1.29, 1.82) is 0 Å². The molecule has 7 nitrogen and oxygen atoms in total. The van der Waals surface area contributed by atoms with Gasteiger partial charge in [-0.1, -0.05) is 43.3 Å². The Hall–Kier alpha value is -2.87. The molecule has 1 atom stereocenters. The largest absolute Gasteiger partial charge is 0.460 e. The van der Waals surface area contributed by atoms with Crippen molar-refractivity contribution in [2.45, 2.75) is 45.0 Å². The molecule has 0 unspecified atom stereocenters. The van der Waals surface area contributed by atoms with Crippen molar-refractivity contribution in [1.82, 2.24) is 15.2 Å². The molecule has 8 heteroatoms. The Morgan fingerprint density at radius 2 is 2.03 bits per heavy atom. The number of anilines is 1. The number of fused-ring (bicyclic) bond motifs is 3. The number of furan rings is 1. The first-order chi connectivity index (χ1) is 14.1. The number of aryl methyl sites for hydroxylation is 1. The lowest BCUT2D eigenvalue weighted by Gasteiger charge is -2.28. The molecule has 1 aromatic carbocycles. The summed E-state index contributed by atoms with van der Waals surface area (Å²) < 4.78 is 12.1. The van der Waals surface area contributed by atoms with E-state index in [2.05, 4.69) is 22.1 Å². The van der Waals surface area contributed by atoms with Crippen LogP contribution in [0.2, 0.25) is 0 Å². The van der Waals surface area contributed by atoms with E-state index in [9.17, 15) is 4.79 Å². The summed E-state index contributed by atoms with van der Waals surface area (Å²) >= 11 is 1.55. The minimum Gasteiger partial charge on any atom is -0.460 e. The summed E-state index contributed by atoms with van der Waals surface area (Å²) in [5, 5.41) is 9.23. The number of para-hydroxylation sites is 1. The standard InChI is InChI=1S/C21H22N4O3S/c1-4-5-12-29-21-22-19-18(23-24-21)15-8-6-7-9-16(15)25(14(3)26)20(28-19)17-11-10-13(2)27-17/h6-11,20H,4-5,12H2,1-3H3/t20-/m1/s1. The first-order valence-electron chi connectivity index (χ1n) is 9.58. The predicted molar refractivity (Wildman–Crippen MR) is 111 cm³/mol. The molecule has 3 aromatic rings. The lowest BCUT2D eigenvalue weighted by molar-refractivity contribution is -0.118. The van der Waals surface area contributed by atoms with Gasteiger partial charge in [-0.05, 0) is 31.5 Å². The van der Waals surface area contributed by atoms with E-state index in [0.717, 1.165) is 29.9 Å². The smallest absolute Gasteiger partial charge is 0.247 e. The molecule has 0 fully saturated rings. The quantitative estimate of drug-likeness (QED) is 0.442. The predicted octanol–water partition coefficient (Wildman–Crippen LogP) is 4.78. The van der Waals surface area contributed by atoms with E-state index >= 15 is 0 Å². The molecule has 0 bridgehead atoms. The number of amides is 1. The Balaban J connectivity index is 1.84. The summed E-state index contributed by atoms with van der Waals surface area (Å²) in [6, 6.07) is 11.2. The number of benzene rings is 1. The average Bonchev–Trinajstić information content (AvgIpc) is 3.08. The van der Waals surface area contributed by atoms with Gasteiger partial charge in [-0.3, -0.25) is 9.69 Å². The van der Waals surface area contributed by atoms with E-state index in [1.54, 1.807) is 16.7 Å². The van der Waals surface area contributed by atoms with Crippen molar-refractivity contribution in [3.63, 3.8) is 0 Å². The van der Waals surface area contributed by atoms with Crippen molar-refractivity contribution in [3.05, 3.63) is 47.9 Å². The van der Waals surface area contributed by atoms with Crippen LogP contribution in [0.4, 0.5) is 5.69 Å². The molecule has 2 aromatic heterocycles. The molecule has 0 saturated heterocycles. The monoisotopic (exact) mass is 410 g/mol. The number of thioether (sulfide) groups is 1. The highest BCUT2D eigenvalue weighted by Gasteiger charge is 2.36. The SMILES string of the molecule is CCCCSc1nnc2c(n1)O[C@H](c1ccc(C)o1)N(C(C)=O)c1ccccc1-2. The zero-order chi connectivity index (χ0) is 20.4. The van der Waals surface area contributed by atoms with Crippen LogP contribution in [0.15, 0.2) is 46.0 Å². The van der Waals surface area contributed by atoms with Crippen LogP contribution in [0.25, 0.3) is 11.3 Å². The average molecular weight is 410 g/mol. The Labute approximate surface area is 173 Å². The molecule has 1 amide bonds. The van der Waals surface area contributed by atoms with Crippen molar-refractivity contribution >= 4 is 23.4 Å². The van der Waals surface area contributed by atoms with Crippen LogP contribution in [0.3, 0.4) is 0 Å². The van der Waals surface area contributed by atoms with Gasteiger partial charge >= 0.3 is 0 Å². The highest BCUT2D eigenvalue weighted by molar-refractivity contribution is 7.99. The van der Waals surface area contributed by atoms with Gasteiger partial charge in [0.25, 0.3) is 0 Å². The zero-order valence-electron chi connectivity index (χ0n) is 16.6. The first-order valence-corrected chi connectivity index (χ1v) is 10.6. The number of hydrogen-bond donors (Lipinski definition) is 0. The van der Waals surface area contributed by atoms with Crippen molar-refractivity contribution < 1.29 is 13.9 Å². The molecule has 0 spiro atoms. The van der Waals surface area contributed by atoms with E-state index in [-0.39, 0.29) is 5.91 Å². The number of carbonyl (C=O) groups excluding carboxylic acids is 1. The molecule has 0 radical (unpaired) electrons. The van der Waals surface area contributed by atoms with E-state index in [4.69, 9.17) is 9.15 Å². The summed E-state index contributed by atoms with van der Waals surface area (Å²) in [6.45, 7) is 5.50. The van der Waals surface area contributed by atoms with Crippen LogP contribution in [0.1, 0.15) is 44.4 Å². The minimum absolute atomic E-state index is 0.171. The van der Waals surface area contributed by atoms with Crippen molar-refractivity contribution in [2.75, 3.05) is 10.7 Å². The summed E-state index contributed by atoms with van der Waals surface area (Å²) in [4.78, 5) is 18.8. The number of aromatic nitrogens is 3. The normalized spacial score (nSPS) is 15.3. The van der Waals surface area contributed by atoms with Gasteiger partial charge in [0.2, 0.25) is 23.2 Å². The van der Waals surface area contributed by atoms with Gasteiger partial charge in [0.1, 0.15) is 5.76 Å². The summed E-state index contributed by atoms with van der Waals surface area (Å²) in [5.41, 5.74) is 1.94. The molecular weight excluding hydrogens is 388 g/mol. The van der Waals surface area contributed by atoms with Gasteiger partial charge in [0.15, 0.2) is 11.5 Å². The van der Waals surface area contributed by atoms with Gasteiger partial charge in [-0.15, -0.1) is 10.2 Å². The lowest BCUT2D eigenvalue weighted by Crippen LogP contribution is -2.35. The van der Waals surface area contributed by atoms with Crippen molar-refractivity contribution in [3.8, 4) is 17.1 Å². The van der Waals surface area contributed by atoms with Gasteiger partial charge in [-0.2, -0.15) is 4.98 Å². The van der Waals surface area contributed by atoms with Gasteiger partial charge in [-0.25, -0.2) is 0 Å². The topological polar surface area (TPSA) is 81.3 Å². The molecule has 0 saturated carbocycles. The molecule has 29 heavy (non-hydrogen) atoms. The Kier molecular flexibility index (Phi) is 5.53. The third-order valence-electron chi connectivity index (χ3n) is 4.58. The number of nitrogens with zero attached hydrogens (tertiary/aromatic N) is 4. The van der Waals surface area contributed by atoms with Gasteiger partial charge < -0.3 is 9.15 Å². The summed E-state index contributed by atoms with van der Waals surface area (Å²) in [7, 11) is 0. The van der Waals surface area contributed by atoms with Gasteiger partial charge in [0, 0.05) is 18.2 Å². The van der Waals surface area contributed by atoms with Crippen LogP contribution in [-0.4, -0.2) is 26.8 Å². The van der Waals surface area contributed by atoms with Crippen molar-refractivity contribution in [2.24, 2.45) is 0 Å². The molecule has 1 aliphatic heterocycles. The van der Waals surface area contributed by atoms with E-state index in [1.165, 1.54) is 6.92 Å². The second-order valence-electron chi connectivity index (χ2n) is 6.77. The maximum atomic E-state index is 12.6. The second-order valence-corrected chi connectivity index (χ2v) is 7.84.